The summed E-state index contributed by atoms with van der Waals surface area (Å²) in [5, 5.41) is 2.79. The number of nitrogens with one attached hydrogen (secondary N) is 1. The number of hydrogen-bond donors (Lipinski definition) is 1. The lowest BCUT2D eigenvalue weighted by molar-refractivity contribution is 0.0905. The fraction of sp³-hybridized carbons (Fsp3) is 0.294. The maximum absolute atomic E-state index is 13.1. The van der Waals surface area contributed by atoms with E-state index >= 15 is 0 Å². The summed E-state index contributed by atoms with van der Waals surface area (Å²) in [7, 11) is 1.58. The third kappa shape index (κ3) is 5.34. The number of nitrogens with zero attached hydrogens (tertiary/aromatic N) is 1. The molecular formula is C17H19FN2O3. The number of hydrogen-bond acceptors (Lipinski definition) is 4. The third-order valence-electron chi connectivity index (χ3n) is 3.07. The fourth-order valence-corrected chi connectivity index (χ4v) is 1.98. The van der Waals surface area contributed by atoms with Crippen LogP contribution >= 0.6 is 0 Å². The van der Waals surface area contributed by atoms with Crippen LogP contribution in [0.25, 0.3) is 0 Å². The number of carbonyl (C=O) groups excluding carboxylic acids is 1. The first-order chi connectivity index (χ1) is 11.1. The molecule has 122 valence electrons. The van der Waals surface area contributed by atoms with Crippen LogP contribution in [0.4, 0.5) is 4.39 Å². The zero-order chi connectivity index (χ0) is 16.7. The Bertz CT molecular complexity index is 647. The summed E-state index contributed by atoms with van der Waals surface area (Å²) in [6.07, 6.45) is 1.44. The summed E-state index contributed by atoms with van der Waals surface area (Å²) in [6, 6.07) is 9.31. The second-order valence-electron chi connectivity index (χ2n) is 5.13. The normalized spacial score (nSPS) is 11.8. The van der Waals surface area contributed by atoms with Crippen molar-refractivity contribution in [2.24, 2.45) is 0 Å². The van der Waals surface area contributed by atoms with E-state index in [1.54, 1.807) is 31.4 Å². The number of rotatable bonds is 7. The van der Waals surface area contributed by atoms with Crippen molar-refractivity contribution in [2.75, 3.05) is 13.7 Å². The first-order valence-electron chi connectivity index (χ1n) is 7.21. The van der Waals surface area contributed by atoms with Crippen molar-refractivity contribution in [1.82, 2.24) is 10.3 Å². The largest absolute Gasteiger partial charge is 0.473 e. The lowest BCUT2D eigenvalue weighted by atomic mass is 10.2. The quantitative estimate of drug-likeness (QED) is 0.852. The average molecular weight is 318 g/mol. The van der Waals surface area contributed by atoms with Crippen molar-refractivity contribution in [1.29, 1.82) is 0 Å². The van der Waals surface area contributed by atoms with Crippen LogP contribution in [0.2, 0.25) is 0 Å². The molecule has 0 bridgehead atoms. The minimum absolute atomic E-state index is 0.0867. The van der Waals surface area contributed by atoms with Gasteiger partial charge in [0.15, 0.2) is 0 Å². The number of amides is 1. The van der Waals surface area contributed by atoms with Gasteiger partial charge in [0.25, 0.3) is 5.91 Å². The molecule has 0 radical (unpaired) electrons. The molecule has 1 heterocycles. The van der Waals surface area contributed by atoms with E-state index in [4.69, 9.17) is 9.47 Å². The van der Waals surface area contributed by atoms with Gasteiger partial charge in [0.05, 0.1) is 12.2 Å². The van der Waals surface area contributed by atoms with Gasteiger partial charge >= 0.3 is 0 Å². The Morgan fingerprint density at radius 3 is 2.83 bits per heavy atom. The topological polar surface area (TPSA) is 60.5 Å². The van der Waals surface area contributed by atoms with E-state index in [-0.39, 0.29) is 24.4 Å². The SMILES string of the molecule is COCC(C)NC(=O)c1ccc(OCc2cccc(F)c2)nc1. The molecular weight excluding hydrogens is 299 g/mol. The van der Waals surface area contributed by atoms with Gasteiger partial charge in [-0.05, 0) is 30.7 Å². The van der Waals surface area contributed by atoms with E-state index in [1.807, 2.05) is 6.92 Å². The highest BCUT2D eigenvalue weighted by Crippen LogP contribution is 2.11. The van der Waals surface area contributed by atoms with Crippen molar-refractivity contribution < 1.29 is 18.7 Å². The van der Waals surface area contributed by atoms with Gasteiger partial charge in [-0.25, -0.2) is 9.37 Å². The molecule has 1 aromatic heterocycles. The molecule has 1 amide bonds. The molecule has 2 rings (SSSR count). The molecule has 0 saturated heterocycles. The van der Waals surface area contributed by atoms with Crippen LogP contribution in [0.1, 0.15) is 22.8 Å². The monoisotopic (exact) mass is 318 g/mol. The van der Waals surface area contributed by atoms with Crippen LogP contribution in [0.15, 0.2) is 42.6 Å². The van der Waals surface area contributed by atoms with Crippen molar-refractivity contribution >= 4 is 5.91 Å². The van der Waals surface area contributed by atoms with E-state index in [0.29, 0.717) is 23.6 Å². The predicted octanol–water partition coefficient (Wildman–Crippen LogP) is 2.56. The maximum atomic E-state index is 13.1. The molecule has 0 aliphatic rings. The second-order valence-corrected chi connectivity index (χ2v) is 5.13. The first kappa shape index (κ1) is 16.9. The van der Waals surface area contributed by atoms with Crippen molar-refractivity contribution in [2.45, 2.75) is 19.6 Å². The molecule has 1 aromatic carbocycles. The Balaban J connectivity index is 1.90. The maximum Gasteiger partial charge on any atom is 0.253 e. The number of carbonyl (C=O) groups is 1. The predicted molar refractivity (Wildman–Crippen MR) is 83.8 cm³/mol. The third-order valence-corrected chi connectivity index (χ3v) is 3.07. The number of methoxy groups -OCH3 is 1. The molecule has 0 fully saturated rings. The van der Waals surface area contributed by atoms with Gasteiger partial charge < -0.3 is 14.8 Å². The minimum atomic E-state index is -0.309. The van der Waals surface area contributed by atoms with Crippen LogP contribution < -0.4 is 10.1 Å². The molecule has 23 heavy (non-hydrogen) atoms. The highest BCUT2D eigenvalue weighted by Gasteiger charge is 2.10. The highest BCUT2D eigenvalue weighted by atomic mass is 19.1. The summed E-state index contributed by atoms with van der Waals surface area (Å²) in [5.74, 6) is -0.161. The molecule has 5 nitrogen and oxygen atoms in total. The van der Waals surface area contributed by atoms with Crippen molar-refractivity contribution in [3.05, 3.63) is 59.5 Å². The number of aromatic nitrogens is 1. The van der Waals surface area contributed by atoms with Crippen LogP contribution in [-0.2, 0) is 11.3 Å². The molecule has 1 N–H and O–H groups in total. The molecule has 6 heteroatoms. The second kappa shape index (κ2) is 8.24. The smallest absolute Gasteiger partial charge is 0.253 e. The summed E-state index contributed by atoms with van der Waals surface area (Å²) < 4.78 is 23.5. The standard InChI is InChI=1S/C17H19FN2O3/c1-12(10-22-2)20-17(21)14-6-7-16(19-9-14)23-11-13-4-3-5-15(18)8-13/h3-9,12H,10-11H2,1-2H3,(H,20,21). The van der Waals surface area contributed by atoms with E-state index in [1.165, 1.54) is 18.3 Å². The van der Waals surface area contributed by atoms with E-state index < -0.39 is 0 Å². The van der Waals surface area contributed by atoms with E-state index in [2.05, 4.69) is 10.3 Å². The summed E-state index contributed by atoms with van der Waals surface area (Å²) in [5.41, 5.74) is 1.15. The van der Waals surface area contributed by atoms with Gasteiger partial charge in [0, 0.05) is 25.4 Å². The molecule has 1 unspecified atom stereocenters. The van der Waals surface area contributed by atoms with Crippen molar-refractivity contribution in [3.63, 3.8) is 0 Å². The Labute approximate surface area is 134 Å². The summed E-state index contributed by atoms with van der Waals surface area (Å²) >= 11 is 0. The summed E-state index contributed by atoms with van der Waals surface area (Å²) in [6.45, 7) is 2.50. The van der Waals surface area contributed by atoms with Crippen LogP contribution in [0, 0.1) is 5.82 Å². The van der Waals surface area contributed by atoms with Gasteiger partial charge in [-0.1, -0.05) is 12.1 Å². The summed E-state index contributed by atoms with van der Waals surface area (Å²) in [4.78, 5) is 16.1. The zero-order valence-corrected chi connectivity index (χ0v) is 13.1. The van der Waals surface area contributed by atoms with Gasteiger partial charge in [-0.15, -0.1) is 0 Å². The molecule has 0 aliphatic carbocycles. The van der Waals surface area contributed by atoms with Crippen LogP contribution in [0.3, 0.4) is 0 Å². The molecule has 0 aliphatic heterocycles. The zero-order valence-electron chi connectivity index (χ0n) is 13.1. The Morgan fingerprint density at radius 1 is 1.35 bits per heavy atom. The van der Waals surface area contributed by atoms with Gasteiger partial charge in [-0.3, -0.25) is 4.79 Å². The minimum Gasteiger partial charge on any atom is -0.473 e. The van der Waals surface area contributed by atoms with Crippen molar-refractivity contribution in [3.8, 4) is 5.88 Å². The van der Waals surface area contributed by atoms with Gasteiger partial charge in [0.2, 0.25) is 5.88 Å². The van der Waals surface area contributed by atoms with Gasteiger partial charge in [-0.2, -0.15) is 0 Å². The molecule has 1 atom stereocenters. The van der Waals surface area contributed by atoms with Crippen LogP contribution in [-0.4, -0.2) is 30.6 Å². The van der Waals surface area contributed by atoms with Gasteiger partial charge in [0.1, 0.15) is 12.4 Å². The fourth-order valence-electron chi connectivity index (χ4n) is 1.98. The Hall–Kier alpha value is -2.47. The lowest BCUT2D eigenvalue weighted by Crippen LogP contribution is -2.35. The molecule has 0 saturated carbocycles. The highest BCUT2D eigenvalue weighted by molar-refractivity contribution is 5.94. The van der Waals surface area contributed by atoms with E-state index in [0.717, 1.165) is 0 Å². The Morgan fingerprint density at radius 2 is 2.17 bits per heavy atom. The number of pyridine rings is 1. The Kier molecular flexibility index (Phi) is 6.05. The number of benzene rings is 1. The number of halogens is 1. The first-order valence-corrected chi connectivity index (χ1v) is 7.21. The molecule has 0 spiro atoms. The lowest BCUT2D eigenvalue weighted by Gasteiger charge is -2.12. The number of ether oxygens (including phenoxy) is 2. The van der Waals surface area contributed by atoms with Crippen LogP contribution in [0.5, 0.6) is 5.88 Å². The average Bonchev–Trinajstić information content (AvgIpc) is 2.53. The van der Waals surface area contributed by atoms with E-state index in [9.17, 15) is 9.18 Å². The molecule has 2 aromatic rings.